The van der Waals surface area contributed by atoms with Crippen molar-refractivity contribution >= 4 is 0 Å². The van der Waals surface area contributed by atoms with Crippen molar-refractivity contribution in [2.24, 2.45) is 0 Å². The van der Waals surface area contributed by atoms with Crippen molar-refractivity contribution in [1.82, 2.24) is 15.1 Å². The smallest absolute Gasteiger partial charge is 0.0826 e. The van der Waals surface area contributed by atoms with Gasteiger partial charge in [0, 0.05) is 25.7 Å². The van der Waals surface area contributed by atoms with Crippen LogP contribution < -0.4 is 5.32 Å². The lowest BCUT2D eigenvalue weighted by atomic mass is 10.1. The highest BCUT2D eigenvalue weighted by Crippen LogP contribution is 2.05. The van der Waals surface area contributed by atoms with Crippen molar-refractivity contribution in [3.63, 3.8) is 0 Å². The molecule has 0 aromatic rings. The molecule has 0 aliphatic carbocycles. The Morgan fingerprint density at radius 1 is 1.30 bits per heavy atom. The Kier molecular flexibility index (Phi) is 9.44. The lowest BCUT2D eigenvalue weighted by Crippen LogP contribution is -2.47. The molecule has 1 aliphatic rings. The van der Waals surface area contributed by atoms with Gasteiger partial charge in [0.1, 0.15) is 0 Å². The van der Waals surface area contributed by atoms with Crippen molar-refractivity contribution in [2.45, 2.75) is 52.7 Å². The number of nitrogens with zero attached hydrogens (tertiary/aromatic N) is 2. The summed E-state index contributed by atoms with van der Waals surface area (Å²) >= 11 is 0. The first-order valence-electron chi connectivity index (χ1n) is 8.49. The van der Waals surface area contributed by atoms with E-state index in [-0.39, 0.29) is 0 Å². The van der Waals surface area contributed by atoms with Crippen molar-refractivity contribution in [2.75, 3.05) is 52.4 Å². The molecule has 2 unspecified atom stereocenters. The summed E-state index contributed by atoms with van der Waals surface area (Å²) in [6.07, 6.45) is 2.90. The van der Waals surface area contributed by atoms with Crippen molar-refractivity contribution in [3.05, 3.63) is 0 Å². The Morgan fingerprint density at radius 2 is 2.05 bits per heavy atom. The maximum Gasteiger partial charge on any atom is 0.0826 e. The van der Waals surface area contributed by atoms with Gasteiger partial charge in [-0.05, 0) is 45.9 Å². The summed E-state index contributed by atoms with van der Waals surface area (Å²) in [5.74, 6) is 0. The molecule has 1 N–H and O–H groups in total. The van der Waals surface area contributed by atoms with Gasteiger partial charge in [-0.15, -0.1) is 0 Å². The minimum Gasteiger partial charge on any atom is -0.374 e. The second-order valence-corrected chi connectivity index (χ2v) is 5.86. The van der Waals surface area contributed by atoms with Gasteiger partial charge < -0.3 is 15.0 Å². The van der Waals surface area contributed by atoms with Gasteiger partial charge in [-0.1, -0.05) is 20.8 Å². The van der Waals surface area contributed by atoms with Gasteiger partial charge in [0.15, 0.2) is 0 Å². The molecule has 0 saturated carbocycles. The van der Waals surface area contributed by atoms with Crippen LogP contribution in [0.4, 0.5) is 0 Å². The third-order valence-electron chi connectivity index (χ3n) is 4.37. The third-order valence-corrected chi connectivity index (χ3v) is 4.37. The monoisotopic (exact) mass is 285 g/mol. The molecule has 0 bridgehead atoms. The van der Waals surface area contributed by atoms with Crippen LogP contribution in [0, 0.1) is 0 Å². The van der Waals surface area contributed by atoms with E-state index in [0.29, 0.717) is 12.1 Å². The number of hydrogen-bond donors (Lipinski definition) is 1. The average molecular weight is 285 g/mol. The molecule has 0 amide bonds. The Bertz CT molecular complexity index is 234. The molecule has 2 atom stereocenters. The fourth-order valence-electron chi connectivity index (χ4n) is 2.79. The number of morpholine rings is 1. The minimum absolute atomic E-state index is 0.369. The molecule has 1 rings (SSSR count). The van der Waals surface area contributed by atoms with Crippen LogP contribution >= 0.6 is 0 Å². The van der Waals surface area contributed by atoms with E-state index >= 15 is 0 Å². The SMILES string of the molecule is CCN(CC)CCCC(C)NCC1CN(CC)CCO1. The predicted octanol–water partition coefficient (Wildman–Crippen LogP) is 1.81. The van der Waals surface area contributed by atoms with E-state index < -0.39 is 0 Å². The van der Waals surface area contributed by atoms with Crippen LogP contribution in [0.3, 0.4) is 0 Å². The third kappa shape index (κ3) is 7.02. The second kappa shape index (κ2) is 10.6. The molecule has 0 spiro atoms. The fourth-order valence-corrected chi connectivity index (χ4v) is 2.79. The molecule has 1 saturated heterocycles. The van der Waals surface area contributed by atoms with Gasteiger partial charge >= 0.3 is 0 Å². The van der Waals surface area contributed by atoms with Gasteiger partial charge in [0.05, 0.1) is 12.7 Å². The van der Waals surface area contributed by atoms with Crippen LogP contribution in [0.15, 0.2) is 0 Å². The highest BCUT2D eigenvalue weighted by atomic mass is 16.5. The molecular weight excluding hydrogens is 250 g/mol. The van der Waals surface area contributed by atoms with Crippen LogP contribution in [0.25, 0.3) is 0 Å². The van der Waals surface area contributed by atoms with Crippen molar-refractivity contribution in [3.8, 4) is 0 Å². The summed E-state index contributed by atoms with van der Waals surface area (Å²) in [5.41, 5.74) is 0. The molecule has 0 aromatic carbocycles. The normalized spacial score (nSPS) is 22.4. The number of hydrogen-bond acceptors (Lipinski definition) is 4. The minimum atomic E-state index is 0.369. The zero-order valence-corrected chi connectivity index (χ0v) is 14.0. The Hall–Kier alpha value is -0.160. The van der Waals surface area contributed by atoms with Gasteiger partial charge in [0.25, 0.3) is 0 Å². The molecule has 1 fully saturated rings. The lowest BCUT2D eigenvalue weighted by molar-refractivity contribution is -0.0262. The summed E-state index contributed by atoms with van der Waals surface area (Å²) < 4.78 is 5.83. The zero-order valence-electron chi connectivity index (χ0n) is 14.0. The summed E-state index contributed by atoms with van der Waals surface area (Å²) in [4.78, 5) is 4.97. The summed E-state index contributed by atoms with van der Waals surface area (Å²) in [7, 11) is 0. The van der Waals surface area contributed by atoms with E-state index in [1.807, 2.05) is 0 Å². The quantitative estimate of drug-likeness (QED) is 0.662. The molecule has 0 aromatic heterocycles. The van der Waals surface area contributed by atoms with Crippen LogP contribution in [0.2, 0.25) is 0 Å². The molecule has 120 valence electrons. The largest absolute Gasteiger partial charge is 0.374 e. The van der Waals surface area contributed by atoms with E-state index in [1.54, 1.807) is 0 Å². The fraction of sp³-hybridized carbons (Fsp3) is 1.00. The summed E-state index contributed by atoms with van der Waals surface area (Å²) in [6, 6.07) is 0.589. The van der Waals surface area contributed by atoms with E-state index in [2.05, 4.69) is 42.8 Å². The first-order chi connectivity index (χ1) is 9.69. The Morgan fingerprint density at radius 3 is 2.70 bits per heavy atom. The molecule has 4 nitrogen and oxygen atoms in total. The predicted molar refractivity (Wildman–Crippen MR) is 86.3 cm³/mol. The standard InChI is InChI=1S/C16H35N3O/c1-5-18(6-2)10-8-9-15(4)17-13-16-14-19(7-3)11-12-20-16/h15-17H,5-14H2,1-4H3. The van der Waals surface area contributed by atoms with E-state index in [0.717, 1.165) is 32.8 Å². The van der Waals surface area contributed by atoms with Gasteiger partial charge in [-0.25, -0.2) is 0 Å². The summed E-state index contributed by atoms with van der Waals surface area (Å²) in [6.45, 7) is 17.7. The number of likely N-dealkylation sites (N-methyl/N-ethyl adjacent to an activating group) is 1. The van der Waals surface area contributed by atoms with Crippen molar-refractivity contribution < 1.29 is 4.74 Å². The van der Waals surface area contributed by atoms with Gasteiger partial charge in [-0.2, -0.15) is 0 Å². The highest BCUT2D eigenvalue weighted by Gasteiger charge is 2.19. The van der Waals surface area contributed by atoms with Crippen LogP contribution in [-0.2, 0) is 4.74 Å². The summed E-state index contributed by atoms with van der Waals surface area (Å²) in [5, 5.41) is 3.64. The molecule has 1 aliphatic heterocycles. The molecule has 1 heterocycles. The van der Waals surface area contributed by atoms with Gasteiger partial charge in [-0.3, -0.25) is 4.90 Å². The Balaban J connectivity index is 2.08. The zero-order chi connectivity index (χ0) is 14.8. The molecule has 20 heavy (non-hydrogen) atoms. The molecular formula is C16H35N3O. The Labute approximate surface area is 125 Å². The van der Waals surface area contributed by atoms with E-state index in [9.17, 15) is 0 Å². The van der Waals surface area contributed by atoms with E-state index in [4.69, 9.17) is 4.74 Å². The lowest BCUT2D eigenvalue weighted by Gasteiger charge is -2.32. The first-order valence-corrected chi connectivity index (χ1v) is 8.49. The van der Waals surface area contributed by atoms with Crippen molar-refractivity contribution in [1.29, 1.82) is 0 Å². The number of rotatable bonds is 10. The van der Waals surface area contributed by atoms with Crippen LogP contribution in [-0.4, -0.2) is 74.4 Å². The first kappa shape index (κ1) is 17.9. The van der Waals surface area contributed by atoms with Gasteiger partial charge in [0.2, 0.25) is 0 Å². The molecule has 0 radical (unpaired) electrons. The average Bonchev–Trinajstić information content (AvgIpc) is 2.49. The number of ether oxygens (including phenoxy) is 1. The highest BCUT2D eigenvalue weighted by molar-refractivity contribution is 4.74. The second-order valence-electron chi connectivity index (χ2n) is 5.86. The van der Waals surface area contributed by atoms with Crippen LogP contribution in [0.1, 0.15) is 40.5 Å². The number of nitrogens with one attached hydrogen (secondary N) is 1. The molecule has 4 heteroatoms. The van der Waals surface area contributed by atoms with E-state index in [1.165, 1.54) is 32.5 Å². The van der Waals surface area contributed by atoms with Crippen LogP contribution in [0.5, 0.6) is 0 Å². The maximum atomic E-state index is 5.83. The maximum absolute atomic E-state index is 5.83. The topological polar surface area (TPSA) is 27.7 Å².